The lowest BCUT2D eigenvalue weighted by molar-refractivity contribution is -0.0511. The number of hydrogen-bond acceptors (Lipinski definition) is 8. The zero-order chi connectivity index (χ0) is 20.0. The van der Waals surface area contributed by atoms with Crippen LogP contribution in [0.2, 0.25) is 0 Å². The normalized spacial score (nSPS) is 29.1. The van der Waals surface area contributed by atoms with E-state index in [1.54, 1.807) is 4.57 Å². The Labute approximate surface area is 167 Å². The lowest BCUT2D eigenvalue weighted by Crippen LogP contribution is -2.33. The second-order valence-corrected chi connectivity index (χ2v) is 7.56. The molecule has 9 nitrogen and oxygen atoms in total. The molecule has 2 aromatic heterocycles. The molecule has 0 saturated carbocycles. The Kier molecular flexibility index (Phi) is 4.67. The van der Waals surface area contributed by atoms with Gasteiger partial charge in [-0.1, -0.05) is 24.3 Å². The SMILES string of the molecule is OC[C@H]1O[C@H](n2cnc3c(NC4CCCc5ccccc54)ncnc32)[C@H](O)[C@@H]1O. The number of fused-ring (bicyclic) bond motifs is 2. The largest absolute Gasteiger partial charge is 0.394 e. The highest BCUT2D eigenvalue weighted by molar-refractivity contribution is 5.83. The van der Waals surface area contributed by atoms with Crippen LogP contribution in [0.4, 0.5) is 5.82 Å². The summed E-state index contributed by atoms with van der Waals surface area (Å²) in [7, 11) is 0. The van der Waals surface area contributed by atoms with Gasteiger partial charge in [-0.3, -0.25) is 4.57 Å². The van der Waals surface area contributed by atoms with Gasteiger partial charge in [0, 0.05) is 0 Å². The Morgan fingerprint density at radius 2 is 2.00 bits per heavy atom. The maximum absolute atomic E-state index is 10.3. The molecule has 2 aliphatic rings. The Morgan fingerprint density at radius 3 is 2.83 bits per heavy atom. The maximum atomic E-state index is 10.3. The van der Waals surface area contributed by atoms with Crippen molar-refractivity contribution in [1.29, 1.82) is 0 Å². The maximum Gasteiger partial charge on any atom is 0.167 e. The van der Waals surface area contributed by atoms with Gasteiger partial charge in [0.2, 0.25) is 0 Å². The highest BCUT2D eigenvalue weighted by Crippen LogP contribution is 2.35. The molecule has 3 aromatic rings. The molecule has 1 aliphatic heterocycles. The third kappa shape index (κ3) is 3.06. The van der Waals surface area contributed by atoms with Gasteiger partial charge in [-0.2, -0.15) is 0 Å². The fourth-order valence-corrected chi connectivity index (χ4v) is 4.32. The first-order chi connectivity index (χ1) is 14.2. The minimum Gasteiger partial charge on any atom is -0.394 e. The van der Waals surface area contributed by atoms with E-state index < -0.39 is 24.5 Å². The van der Waals surface area contributed by atoms with Crippen LogP contribution in [-0.4, -0.2) is 59.8 Å². The molecule has 152 valence electrons. The summed E-state index contributed by atoms with van der Waals surface area (Å²) in [4.78, 5) is 13.1. The molecule has 29 heavy (non-hydrogen) atoms. The van der Waals surface area contributed by atoms with Crippen LogP contribution in [0.15, 0.2) is 36.9 Å². The Hall–Kier alpha value is -2.59. The van der Waals surface area contributed by atoms with Crippen LogP contribution in [-0.2, 0) is 11.2 Å². The first kappa shape index (κ1) is 18.4. The van der Waals surface area contributed by atoms with Gasteiger partial charge in [-0.25, -0.2) is 15.0 Å². The zero-order valence-corrected chi connectivity index (χ0v) is 15.7. The molecule has 0 bridgehead atoms. The summed E-state index contributed by atoms with van der Waals surface area (Å²) in [6.45, 7) is -0.385. The summed E-state index contributed by atoms with van der Waals surface area (Å²) in [6, 6.07) is 8.55. The third-order valence-corrected chi connectivity index (χ3v) is 5.83. The first-order valence-corrected chi connectivity index (χ1v) is 9.81. The summed E-state index contributed by atoms with van der Waals surface area (Å²) in [5.41, 5.74) is 3.67. The number of aliphatic hydroxyl groups excluding tert-OH is 3. The van der Waals surface area contributed by atoms with Gasteiger partial charge in [-0.15, -0.1) is 0 Å². The van der Waals surface area contributed by atoms with E-state index in [9.17, 15) is 15.3 Å². The number of aromatic nitrogens is 4. The number of rotatable bonds is 4. The van der Waals surface area contributed by atoms with Crippen LogP contribution >= 0.6 is 0 Å². The van der Waals surface area contributed by atoms with E-state index in [1.807, 2.05) is 6.07 Å². The number of anilines is 1. The quantitative estimate of drug-likeness (QED) is 0.512. The van der Waals surface area contributed by atoms with Crippen LogP contribution in [0.25, 0.3) is 11.2 Å². The first-order valence-electron chi connectivity index (χ1n) is 9.81. The second-order valence-electron chi connectivity index (χ2n) is 7.56. The predicted octanol–water partition coefficient (Wildman–Crippen LogP) is 0.927. The molecule has 3 heterocycles. The van der Waals surface area contributed by atoms with Gasteiger partial charge in [0.25, 0.3) is 0 Å². The molecule has 0 amide bonds. The minimum absolute atomic E-state index is 0.136. The molecule has 1 fully saturated rings. The molecule has 4 N–H and O–H groups in total. The van der Waals surface area contributed by atoms with Gasteiger partial charge in [0.1, 0.15) is 24.6 Å². The summed E-state index contributed by atoms with van der Waals surface area (Å²) in [5, 5.41) is 33.2. The van der Waals surface area contributed by atoms with Crippen molar-refractivity contribution in [2.24, 2.45) is 0 Å². The van der Waals surface area contributed by atoms with E-state index >= 15 is 0 Å². The fourth-order valence-electron chi connectivity index (χ4n) is 4.32. The number of ether oxygens (including phenoxy) is 1. The van der Waals surface area contributed by atoms with E-state index in [4.69, 9.17) is 4.74 Å². The molecule has 9 heteroatoms. The van der Waals surface area contributed by atoms with Crippen molar-refractivity contribution < 1.29 is 20.1 Å². The molecule has 0 spiro atoms. The van der Waals surface area contributed by atoms with Gasteiger partial charge in [-0.05, 0) is 30.4 Å². The average molecular weight is 397 g/mol. The number of imidazole rings is 1. The smallest absolute Gasteiger partial charge is 0.167 e. The standard InChI is InChI=1S/C20H23N5O4/c26-8-14-16(27)17(28)20(29-14)25-10-23-15-18(21-9-22-19(15)25)24-13-7-3-5-11-4-1-2-6-12(11)13/h1-2,4,6,9-10,13-14,16-17,20,26-28H,3,5,7-8H2,(H,21,22,24)/t13?,14-,16-,17-,20+/m1/s1. The van der Waals surface area contributed by atoms with E-state index in [2.05, 4.69) is 38.5 Å². The summed E-state index contributed by atoms with van der Waals surface area (Å²) >= 11 is 0. The van der Waals surface area contributed by atoms with Crippen molar-refractivity contribution in [3.05, 3.63) is 48.0 Å². The minimum atomic E-state index is -1.19. The van der Waals surface area contributed by atoms with Crippen molar-refractivity contribution in [2.75, 3.05) is 11.9 Å². The number of nitrogens with zero attached hydrogens (tertiary/aromatic N) is 4. The molecule has 5 atom stereocenters. The van der Waals surface area contributed by atoms with E-state index in [0.29, 0.717) is 17.0 Å². The third-order valence-electron chi connectivity index (χ3n) is 5.83. The molecule has 5 rings (SSSR count). The Bertz CT molecular complexity index is 1030. The number of benzene rings is 1. The van der Waals surface area contributed by atoms with E-state index in [0.717, 1.165) is 19.3 Å². The van der Waals surface area contributed by atoms with Crippen molar-refractivity contribution in [1.82, 2.24) is 19.5 Å². The van der Waals surface area contributed by atoms with E-state index in [1.165, 1.54) is 23.8 Å². The fraction of sp³-hybridized carbons (Fsp3) is 0.450. The number of hydrogen-bond donors (Lipinski definition) is 4. The highest BCUT2D eigenvalue weighted by Gasteiger charge is 2.44. The highest BCUT2D eigenvalue weighted by atomic mass is 16.6. The number of aryl methyl sites for hydroxylation is 1. The summed E-state index contributed by atoms with van der Waals surface area (Å²) in [5.74, 6) is 0.613. The van der Waals surface area contributed by atoms with Gasteiger partial charge in [0.05, 0.1) is 19.0 Å². The van der Waals surface area contributed by atoms with Crippen LogP contribution in [0.5, 0.6) is 0 Å². The van der Waals surface area contributed by atoms with Gasteiger partial charge < -0.3 is 25.4 Å². The number of aliphatic hydroxyl groups is 3. The summed E-state index contributed by atoms with van der Waals surface area (Å²) in [6.07, 6.45) is 2.02. The van der Waals surface area contributed by atoms with Crippen molar-refractivity contribution in [2.45, 2.75) is 49.8 Å². The average Bonchev–Trinajstić information content (AvgIpc) is 3.30. The zero-order valence-electron chi connectivity index (χ0n) is 15.7. The predicted molar refractivity (Wildman–Crippen MR) is 104 cm³/mol. The van der Waals surface area contributed by atoms with Gasteiger partial charge in [0.15, 0.2) is 23.2 Å². The van der Waals surface area contributed by atoms with Crippen LogP contribution in [0.3, 0.4) is 0 Å². The van der Waals surface area contributed by atoms with Gasteiger partial charge >= 0.3 is 0 Å². The molecular formula is C20H23N5O4. The second kappa shape index (κ2) is 7.34. The molecule has 1 aliphatic carbocycles. The van der Waals surface area contributed by atoms with Crippen molar-refractivity contribution in [3.8, 4) is 0 Å². The Morgan fingerprint density at radius 1 is 1.14 bits per heavy atom. The summed E-state index contributed by atoms with van der Waals surface area (Å²) < 4.78 is 7.19. The van der Waals surface area contributed by atoms with E-state index in [-0.39, 0.29) is 12.6 Å². The van der Waals surface area contributed by atoms with Crippen LogP contribution in [0.1, 0.15) is 36.2 Å². The lowest BCUT2D eigenvalue weighted by atomic mass is 9.88. The molecule has 0 radical (unpaired) electrons. The molecule has 1 aromatic carbocycles. The van der Waals surface area contributed by atoms with Crippen LogP contribution in [0, 0.1) is 0 Å². The lowest BCUT2D eigenvalue weighted by Gasteiger charge is -2.26. The Balaban J connectivity index is 1.47. The molecular weight excluding hydrogens is 374 g/mol. The van der Waals surface area contributed by atoms with Crippen molar-refractivity contribution >= 4 is 17.0 Å². The molecule has 1 saturated heterocycles. The van der Waals surface area contributed by atoms with Crippen LogP contribution < -0.4 is 5.32 Å². The molecule has 1 unspecified atom stereocenters. The topological polar surface area (TPSA) is 126 Å². The number of nitrogens with one attached hydrogen (secondary N) is 1. The monoisotopic (exact) mass is 397 g/mol. The van der Waals surface area contributed by atoms with Crippen molar-refractivity contribution in [3.63, 3.8) is 0 Å².